The highest BCUT2D eigenvalue weighted by Gasteiger charge is 2.31. The number of Topliss-reactive ketones (excluding diaryl/α,β-unsaturated/α-hetero) is 1. The maximum Gasteiger partial charge on any atom is 0.152 e. The average Bonchev–Trinajstić information content (AvgIpc) is 2.67. The third-order valence-electron chi connectivity index (χ3n) is 3.22. The molecule has 2 rings (SSSR count). The Bertz CT molecular complexity index is 431. The number of thioether (sulfide) groups is 2. The second kappa shape index (κ2) is 6.15. The molecular formula is C13H20N2OS2. The molecule has 0 bridgehead atoms. The van der Waals surface area contributed by atoms with E-state index in [0.717, 1.165) is 23.6 Å². The van der Waals surface area contributed by atoms with Gasteiger partial charge in [-0.3, -0.25) is 9.48 Å². The minimum atomic E-state index is 0.170. The quantitative estimate of drug-likeness (QED) is 0.851. The van der Waals surface area contributed by atoms with Crippen LogP contribution in [0.3, 0.4) is 0 Å². The Kier molecular flexibility index (Phi) is 4.78. The molecule has 2 atom stereocenters. The predicted molar refractivity (Wildman–Crippen MR) is 79.4 cm³/mol. The molecule has 1 aliphatic rings. The first-order chi connectivity index (χ1) is 8.61. The van der Waals surface area contributed by atoms with Gasteiger partial charge >= 0.3 is 0 Å². The molecule has 1 aliphatic heterocycles. The molecule has 2 unspecified atom stereocenters. The van der Waals surface area contributed by atoms with E-state index in [1.807, 2.05) is 48.2 Å². The summed E-state index contributed by atoms with van der Waals surface area (Å²) in [6.07, 6.45) is 1.60. The van der Waals surface area contributed by atoms with Crippen LogP contribution in [-0.4, -0.2) is 37.6 Å². The summed E-state index contributed by atoms with van der Waals surface area (Å²) in [5.41, 5.74) is 2.02. The second-order valence-corrected chi connectivity index (χ2v) is 7.25. The topological polar surface area (TPSA) is 34.9 Å². The molecule has 5 heteroatoms. The lowest BCUT2D eigenvalue weighted by Crippen LogP contribution is -2.34. The van der Waals surface area contributed by atoms with Crippen LogP contribution in [0.25, 0.3) is 0 Å². The lowest BCUT2D eigenvalue weighted by molar-refractivity contribution is -0.118. The van der Waals surface area contributed by atoms with E-state index >= 15 is 0 Å². The number of carbonyl (C=O) groups is 1. The Hall–Kier alpha value is -0.420. The van der Waals surface area contributed by atoms with Gasteiger partial charge < -0.3 is 0 Å². The van der Waals surface area contributed by atoms with Crippen molar-refractivity contribution in [3.05, 3.63) is 17.5 Å². The van der Waals surface area contributed by atoms with Crippen molar-refractivity contribution in [3.63, 3.8) is 0 Å². The summed E-state index contributed by atoms with van der Waals surface area (Å²) in [5, 5.41) is 4.96. The minimum absolute atomic E-state index is 0.170. The van der Waals surface area contributed by atoms with Crippen LogP contribution in [-0.2, 0) is 18.3 Å². The van der Waals surface area contributed by atoms with Gasteiger partial charge in [0.2, 0.25) is 0 Å². The predicted octanol–water partition coefficient (Wildman–Crippen LogP) is 2.47. The van der Waals surface area contributed by atoms with Gasteiger partial charge in [0.25, 0.3) is 0 Å². The molecular weight excluding hydrogens is 264 g/mol. The third-order valence-corrected chi connectivity index (χ3v) is 6.52. The fraction of sp³-hybridized carbons (Fsp3) is 0.692. The van der Waals surface area contributed by atoms with E-state index in [-0.39, 0.29) is 5.25 Å². The van der Waals surface area contributed by atoms with Crippen LogP contribution in [0.5, 0.6) is 0 Å². The molecule has 0 radical (unpaired) electrons. The number of aryl methyl sites for hydroxylation is 2. The van der Waals surface area contributed by atoms with Gasteiger partial charge in [-0.1, -0.05) is 6.92 Å². The SMILES string of the molecule is CCC1SCCSC1C(=O)Cc1cc(C)nn1C. The largest absolute Gasteiger partial charge is 0.298 e. The summed E-state index contributed by atoms with van der Waals surface area (Å²) >= 11 is 3.79. The molecule has 18 heavy (non-hydrogen) atoms. The fourth-order valence-electron chi connectivity index (χ4n) is 2.31. The van der Waals surface area contributed by atoms with Gasteiger partial charge in [0.05, 0.1) is 10.9 Å². The summed E-state index contributed by atoms with van der Waals surface area (Å²) in [7, 11) is 1.91. The van der Waals surface area contributed by atoms with E-state index in [0.29, 0.717) is 17.5 Å². The summed E-state index contributed by atoms with van der Waals surface area (Å²) in [5.74, 6) is 2.64. The van der Waals surface area contributed by atoms with Crippen LogP contribution < -0.4 is 0 Å². The van der Waals surface area contributed by atoms with Gasteiger partial charge in [0.1, 0.15) is 0 Å². The number of hydrogen-bond acceptors (Lipinski definition) is 4. The van der Waals surface area contributed by atoms with E-state index in [1.54, 1.807) is 0 Å². The second-order valence-electron chi connectivity index (χ2n) is 4.65. The fourth-order valence-corrected chi connectivity index (χ4v) is 5.35. The molecule has 1 saturated heterocycles. The highest BCUT2D eigenvalue weighted by molar-refractivity contribution is 8.07. The summed E-state index contributed by atoms with van der Waals surface area (Å²) in [4.78, 5) is 12.4. The molecule has 0 aliphatic carbocycles. The first-order valence-corrected chi connectivity index (χ1v) is 8.47. The molecule has 0 spiro atoms. The number of nitrogens with zero attached hydrogens (tertiary/aromatic N) is 2. The Morgan fingerprint density at radius 3 is 2.83 bits per heavy atom. The highest BCUT2D eigenvalue weighted by atomic mass is 32.2. The lowest BCUT2D eigenvalue weighted by Gasteiger charge is -2.28. The number of rotatable bonds is 4. The summed E-state index contributed by atoms with van der Waals surface area (Å²) in [6, 6.07) is 2.01. The minimum Gasteiger partial charge on any atom is -0.298 e. The Morgan fingerprint density at radius 2 is 2.22 bits per heavy atom. The van der Waals surface area contributed by atoms with Crippen molar-refractivity contribution in [2.75, 3.05) is 11.5 Å². The van der Waals surface area contributed by atoms with Gasteiger partial charge in [0, 0.05) is 35.9 Å². The standard InChI is InChI=1S/C13H20N2OS2/c1-4-12-13(18-6-5-17-12)11(16)8-10-7-9(2)14-15(10)3/h7,12-13H,4-6,8H2,1-3H3. The van der Waals surface area contributed by atoms with E-state index in [9.17, 15) is 4.79 Å². The molecule has 0 N–H and O–H groups in total. The zero-order chi connectivity index (χ0) is 13.1. The molecule has 0 saturated carbocycles. The van der Waals surface area contributed by atoms with Crippen LogP contribution in [0, 0.1) is 6.92 Å². The van der Waals surface area contributed by atoms with Crippen LogP contribution in [0.1, 0.15) is 24.7 Å². The van der Waals surface area contributed by atoms with Crippen molar-refractivity contribution in [1.29, 1.82) is 0 Å². The van der Waals surface area contributed by atoms with Gasteiger partial charge in [-0.15, -0.1) is 11.8 Å². The van der Waals surface area contributed by atoms with Crippen molar-refractivity contribution >= 4 is 29.3 Å². The molecule has 1 aromatic rings. The third kappa shape index (κ3) is 3.12. The van der Waals surface area contributed by atoms with Gasteiger partial charge in [0.15, 0.2) is 5.78 Å². The number of ketones is 1. The Balaban J connectivity index is 2.04. The smallest absolute Gasteiger partial charge is 0.152 e. The molecule has 1 fully saturated rings. The van der Waals surface area contributed by atoms with Gasteiger partial charge in [-0.2, -0.15) is 16.9 Å². The summed E-state index contributed by atoms with van der Waals surface area (Å²) < 4.78 is 1.83. The number of carbonyl (C=O) groups excluding carboxylic acids is 1. The zero-order valence-electron chi connectivity index (χ0n) is 11.2. The number of hydrogen-bond donors (Lipinski definition) is 0. The van der Waals surface area contributed by atoms with E-state index in [2.05, 4.69) is 12.0 Å². The Morgan fingerprint density at radius 1 is 1.50 bits per heavy atom. The molecule has 0 aromatic carbocycles. The zero-order valence-corrected chi connectivity index (χ0v) is 12.8. The molecule has 100 valence electrons. The monoisotopic (exact) mass is 284 g/mol. The first-order valence-electron chi connectivity index (χ1n) is 6.37. The van der Waals surface area contributed by atoms with E-state index in [1.165, 1.54) is 5.75 Å². The van der Waals surface area contributed by atoms with E-state index < -0.39 is 0 Å². The van der Waals surface area contributed by atoms with Crippen molar-refractivity contribution in [2.45, 2.75) is 37.2 Å². The normalized spacial score (nSPS) is 24.2. The van der Waals surface area contributed by atoms with Crippen LogP contribution in [0.2, 0.25) is 0 Å². The van der Waals surface area contributed by atoms with Crippen molar-refractivity contribution < 1.29 is 4.79 Å². The van der Waals surface area contributed by atoms with Crippen LogP contribution in [0.4, 0.5) is 0 Å². The Labute approximate surface area is 117 Å². The highest BCUT2D eigenvalue weighted by Crippen LogP contribution is 2.34. The van der Waals surface area contributed by atoms with Crippen molar-refractivity contribution in [2.24, 2.45) is 7.05 Å². The molecule has 1 aromatic heterocycles. The van der Waals surface area contributed by atoms with E-state index in [4.69, 9.17) is 0 Å². The number of aromatic nitrogens is 2. The first kappa shape index (κ1) is 14.0. The van der Waals surface area contributed by atoms with Crippen LogP contribution in [0.15, 0.2) is 6.07 Å². The average molecular weight is 284 g/mol. The summed E-state index contributed by atoms with van der Waals surface area (Å²) in [6.45, 7) is 4.14. The van der Waals surface area contributed by atoms with Crippen molar-refractivity contribution in [1.82, 2.24) is 9.78 Å². The maximum atomic E-state index is 12.4. The molecule has 0 amide bonds. The maximum absolute atomic E-state index is 12.4. The van der Waals surface area contributed by atoms with Crippen LogP contribution >= 0.6 is 23.5 Å². The molecule has 3 nitrogen and oxygen atoms in total. The van der Waals surface area contributed by atoms with Crippen molar-refractivity contribution in [3.8, 4) is 0 Å². The van der Waals surface area contributed by atoms with Gasteiger partial charge in [-0.05, 0) is 19.4 Å². The lowest BCUT2D eigenvalue weighted by atomic mass is 10.1. The van der Waals surface area contributed by atoms with Gasteiger partial charge in [-0.25, -0.2) is 0 Å². The molecule has 2 heterocycles.